The molecule has 110 valence electrons. The molecule has 2 aromatic rings. The Balaban J connectivity index is 2.27. The second-order valence-electron chi connectivity index (χ2n) is 6.32. The summed E-state index contributed by atoms with van der Waals surface area (Å²) in [7, 11) is 0. The Morgan fingerprint density at radius 3 is 2.45 bits per heavy atom. The van der Waals surface area contributed by atoms with Crippen molar-refractivity contribution in [1.82, 2.24) is 15.1 Å². The number of aromatic nitrogens is 2. The number of nitrogens with zero attached hydrogens (tertiary/aromatic N) is 2. The fourth-order valence-electron chi connectivity index (χ4n) is 2.09. The quantitative estimate of drug-likeness (QED) is 0.882. The lowest BCUT2D eigenvalue weighted by atomic mass is 9.86. The van der Waals surface area contributed by atoms with Gasteiger partial charge in [0.25, 0.3) is 0 Å². The number of nitrogens with one attached hydrogen (secondary N) is 1. The van der Waals surface area contributed by atoms with Gasteiger partial charge in [-0.3, -0.25) is 4.68 Å². The molecule has 2 N–H and O–H groups in total. The van der Waals surface area contributed by atoms with Crippen LogP contribution in [-0.2, 0) is 13.1 Å². The largest absolute Gasteiger partial charge is 0.389 e. The van der Waals surface area contributed by atoms with E-state index in [0.29, 0.717) is 6.54 Å². The van der Waals surface area contributed by atoms with E-state index in [-0.39, 0.29) is 5.54 Å². The van der Waals surface area contributed by atoms with Gasteiger partial charge in [0.1, 0.15) is 0 Å². The van der Waals surface area contributed by atoms with Gasteiger partial charge in [-0.2, -0.15) is 5.10 Å². The lowest BCUT2D eigenvalue weighted by Crippen LogP contribution is -2.55. The third-order valence-corrected chi connectivity index (χ3v) is 4.26. The highest BCUT2D eigenvalue weighted by Gasteiger charge is 2.34. The Hall–Kier alpha value is -1.39. The molecule has 0 aliphatic carbocycles. The predicted octanol–water partition coefficient (Wildman–Crippen LogP) is 2.70. The molecular weight excluding hydrogens is 250 g/mol. The molecule has 0 bridgehead atoms. The summed E-state index contributed by atoms with van der Waals surface area (Å²) in [5.41, 5.74) is 1.01. The fraction of sp³-hybridized carbons (Fsp3) is 0.562. The molecule has 0 radical (unpaired) electrons. The van der Waals surface area contributed by atoms with E-state index in [4.69, 9.17) is 0 Å². The lowest BCUT2D eigenvalue weighted by Gasteiger charge is -2.38. The second-order valence-corrected chi connectivity index (χ2v) is 6.32. The van der Waals surface area contributed by atoms with Gasteiger partial charge in [0.05, 0.1) is 16.8 Å². The third-order valence-electron chi connectivity index (χ3n) is 4.26. The van der Waals surface area contributed by atoms with E-state index >= 15 is 0 Å². The maximum absolute atomic E-state index is 10.2. The summed E-state index contributed by atoms with van der Waals surface area (Å²) in [4.78, 5) is 0. The fourth-order valence-corrected chi connectivity index (χ4v) is 2.09. The molecule has 1 aromatic heterocycles. The Labute approximate surface area is 120 Å². The van der Waals surface area contributed by atoms with Gasteiger partial charge < -0.3 is 10.4 Å². The lowest BCUT2D eigenvalue weighted by molar-refractivity contribution is -0.00543. The first-order valence-electron chi connectivity index (χ1n) is 7.18. The summed E-state index contributed by atoms with van der Waals surface area (Å²) in [6, 6.07) is 8.27. The third kappa shape index (κ3) is 2.72. The van der Waals surface area contributed by atoms with Crippen molar-refractivity contribution in [1.29, 1.82) is 0 Å². The maximum Gasteiger partial charge on any atom is 0.0841 e. The van der Waals surface area contributed by atoms with Crippen molar-refractivity contribution in [2.75, 3.05) is 0 Å². The van der Waals surface area contributed by atoms with Gasteiger partial charge in [-0.25, -0.2) is 0 Å². The Kier molecular flexibility index (Phi) is 3.89. The highest BCUT2D eigenvalue weighted by molar-refractivity contribution is 5.81. The molecule has 20 heavy (non-hydrogen) atoms. The molecule has 0 saturated heterocycles. The van der Waals surface area contributed by atoms with Crippen LogP contribution in [0, 0.1) is 0 Å². The summed E-state index contributed by atoms with van der Waals surface area (Å²) in [6.07, 6.45) is 0. The first kappa shape index (κ1) is 15.0. The number of rotatable bonds is 5. The normalized spacial score (nSPS) is 13.1. The molecule has 0 aliphatic rings. The minimum absolute atomic E-state index is 0.385. The van der Waals surface area contributed by atoms with Gasteiger partial charge in [-0.05, 0) is 40.7 Å². The highest BCUT2D eigenvalue weighted by atomic mass is 16.3. The minimum atomic E-state index is -0.796. The molecule has 0 atom stereocenters. The number of fused-ring (bicyclic) bond motifs is 1. The number of hydrogen-bond donors (Lipinski definition) is 2. The number of benzene rings is 1. The minimum Gasteiger partial charge on any atom is -0.389 e. The average Bonchev–Trinajstić information content (AvgIpc) is 2.73. The van der Waals surface area contributed by atoms with Crippen molar-refractivity contribution >= 4 is 10.9 Å². The molecule has 0 spiro atoms. The van der Waals surface area contributed by atoms with E-state index in [1.54, 1.807) is 0 Å². The Bertz CT molecular complexity index is 593. The molecule has 1 heterocycles. The van der Waals surface area contributed by atoms with E-state index in [0.717, 1.165) is 17.8 Å². The zero-order chi connectivity index (χ0) is 15.0. The van der Waals surface area contributed by atoms with Crippen molar-refractivity contribution in [3.8, 4) is 0 Å². The first-order chi connectivity index (χ1) is 9.26. The number of aliphatic hydroxyl groups is 1. The van der Waals surface area contributed by atoms with Crippen molar-refractivity contribution in [3.63, 3.8) is 0 Å². The van der Waals surface area contributed by atoms with Crippen LogP contribution in [-0.4, -0.2) is 26.0 Å². The SMILES string of the molecule is CCn1nc(CNC(C)(C)C(C)(C)O)c2ccccc21. The summed E-state index contributed by atoms with van der Waals surface area (Å²) in [5.74, 6) is 0. The van der Waals surface area contributed by atoms with Crippen LogP contribution in [0.15, 0.2) is 24.3 Å². The van der Waals surface area contributed by atoms with Crippen LogP contribution in [0.25, 0.3) is 10.9 Å². The highest BCUT2D eigenvalue weighted by Crippen LogP contribution is 2.23. The topological polar surface area (TPSA) is 50.1 Å². The number of para-hydroxylation sites is 1. The molecule has 0 fully saturated rings. The van der Waals surface area contributed by atoms with Gasteiger partial charge in [0, 0.05) is 24.0 Å². The molecule has 0 saturated carbocycles. The van der Waals surface area contributed by atoms with E-state index in [1.165, 1.54) is 5.39 Å². The van der Waals surface area contributed by atoms with Crippen LogP contribution in [0.5, 0.6) is 0 Å². The van der Waals surface area contributed by atoms with Crippen molar-refractivity contribution in [2.45, 2.75) is 58.8 Å². The standard InChI is InChI=1S/C16H25N3O/c1-6-19-14-10-8-7-9-12(14)13(18-19)11-17-15(2,3)16(4,5)20/h7-10,17,20H,6,11H2,1-5H3. The molecule has 4 heteroatoms. The maximum atomic E-state index is 10.2. The predicted molar refractivity (Wildman–Crippen MR) is 82.6 cm³/mol. The molecule has 0 amide bonds. The van der Waals surface area contributed by atoms with Gasteiger partial charge in [0.2, 0.25) is 0 Å². The first-order valence-corrected chi connectivity index (χ1v) is 7.18. The van der Waals surface area contributed by atoms with E-state index in [9.17, 15) is 5.11 Å². The Morgan fingerprint density at radius 1 is 1.20 bits per heavy atom. The van der Waals surface area contributed by atoms with E-state index in [2.05, 4.69) is 29.5 Å². The zero-order valence-electron chi connectivity index (χ0n) is 13.1. The molecule has 4 nitrogen and oxygen atoms in total. The van der Waals surface area contributed by atoms with Crippen LogP contribution in [0.4, 0.5) is 0 Å². The van der Waals surface area contributed by atoms with Crippen LogP contribution in [0.2, 0.25) is 0 Å². The number of aryl methyl sites for hydroxylation is 1. The molecule has 1 aromatic carbocycles. The summed E-state index contributed by atoms with van der Waals surface area (Å²) < 4.78 is 2.02. The van der Waals surface area contributed by atoms with Gasteiger partial charge >= 0.3 is 0 Å². The van der Waals surface area contributed by atoms with Crippen LogP contribution in [0.3, 0.4) is 0 Å². The van der Waals surface area contributed by atoms with Crippen LogP contribution >= 0.6 is 0 Å². The molecule has 0 unspecified atom stereocenters. The van der Waals surface area contributed by atoms with Crippen LogP contribution in [0.1, 0.15) is 40.3 Å². The zero-order valence-corrected chi connectivity index (χ0v) is 13.1. The smallest absolute Gasteiger partial charge is 0.0841 e. The van der Waals surface area contributed by atoms with E-state index in [1.807, 2.05) is 44.5 Å². The van der Waals surface area contributed by atoms with Crippen molar-refractivity contribution in [3.05, 3.63) is 30.0 Å². The monoisotopic (exact) mass is 275 g/mol. The summed E-state index contributed by atoms with van der Waals surface area (Å²) in [5, 5.41) is 19.5. The summed E-state index contributed by atoms with van der Waals surface area (Å²) >= 11 is 0. The van der Waals surface area contributed by atoms with Gasteiger partial charge in [0.15, 0.2) is 0 Å². The van der Waals surface area contributed by atoms with E-state index < -0.39 is 5.60 Å². The molecular formula is C16H25N3O. The van der Waals surface area contributed by atoms with Crippen molar-refractivity contribution < 1.29 is 5.11 Å². The number of hydrogen-bond acceptors (Lipinski definition) is 3. The molecule has 0 aliphatic heterocycles. The van der Waals surface area contributed by atoms with Gasteiger partial charge in [-0.15, -0.1) is 0 Å². The summed E-state index contributed by atoms with van der Waals surface area (Å²) in [6.45, 7) is 11.3. The van der Waals surface area contributed by atoms with Crippen molar-refractivity contribution in [2.24, 2.45) is 0 Å². The second kappa shape index (κ2) is 5.19. The average molecular weight is 275 g/mol. The van der Waals surface area contributed by atoms with Crippen LogP contribution < -0.4 is 5.32 Å². The van der Waals surface area contributed by atoms with Gasteiger partial charge in [-0.1, -0.05) is 18.2 Å². The molecule has 2 rings (SSSR count). The Morgan fingerprint density at radius 2 is 1.85 bits per heavy atom.